The number of hydrogen-bond acceptors (Lipinski definition) is 1. The molecule has 0 amide bonds. The molecule has 2 bridgehead atoms. The van der Waals surface area contributed by atoms with Crippen LogP contribution in [0.15, 0.2) is 12.2 Å². The molecule has 0 aromatic rings. The van der Waals surface area contributed by atoms with E-state index in [1.54, 1.807) is 0 Å². The second kappa shape index (κ2) is 1.65. The maximum atomic E-state index is 5.31. The van der Waals surface area contributed by atoms with Crippen LogP contribution in [-0.2, 0) is 4.74 Å². The van der Waals surface area contributed by atoms with Gasteiger partial charge in [0.1, 0.15) is 0 Å². The smallest absolute Gasteiger partial charge is 0.0843 e. The number of hydrogen-bond donors (Lipinski definition) is 0. The Morgan fingerprint density at radius 1 is 1.20 bits per heavy atom. The summed E-state index contributed by atoms with van der Waals surface area (Å²) in [7, 11) is 0. The average Bonchev–Trinajstić information content (AvgIpc) is 2.60. The maximum Gasteiger partial charge on any atom is 0.0843 e. The van der Waals surface area contributed by atoms with Gasteiger partial charge in [0.15, 0.2) is 0 Å². The monoisotopic (exact) mass is 136 g/mol. The van der Waals surface area contributed by atoms with E-state index in [0.29, 0.717) is 6.10 Å². The largest absolute Gasteiger partial charge is 0.373 e. The molecule has 3 rings (SSSR count). The van der Waals surface area contributed by atoms with Gasteiger partial charge in [-0.2, -0.15) is 0 Å². The van der Waals surface area contributed by atoms with Crippen molar-refractivity contribution in [3.05, 3.63) is 12.2 Å². The molecule has 4 atom stereocenters. The zero-order valence-electron chi connectivity index (χ0n) is 5.99. The quantitative estimate of drug-likeness (QED) is 0.394. The van der Waals surface area contributed by atoms with Gasteiger partial charge in [-0.25, -0.2) is 0 Å². The van der Waals surface area contributed by atoms with Crippen LogP contribution >= 0.6 is 0 Å². The van der Waals surface area contributed by atoms with Crippen LogP contribution in [0.25, 0.3) is 0 Å². The minimum absolute atomic E-state index is 0.653. The Labute approximate surface area is 61.1 Å². The van der Waals surface area contributed by atoms with Crippen molar-refractivity contribution in [1.29, 1.82) is 0 Å². The summed E-state index contributed by atoms with van der Waals surface area (Å²) in [6.45, 7) is 1.04. The van der Waals surface area contributed by atoms with Crippen LogP contribution in [0.2, 0.25) is 0 Å². The summed E-state index contributed by atoms with van der Waals surface area (Å²) in [5.74, 6) is 2.70. The fraction of sp³-hybridized carbons (Fsp3) is 0.778. The zero-order chi connectivity index (χ0) is 6.55. The van der Waals surface area contributed by atoms with Gasteiger partial charge in [-0.15, -0.1) is 0 Å². The third-order valence-corrected chi connectivity index (χ3v) is 3.17. The number of allylic oxidation sites excluding steroid dienone is 2. The van der Waals surface area contributed by atoms with Crippen LogP contribution in [0, 0.1) is 17.8 Å². The normalized spacial score (nSPS) is 56.0. The molecule has 0 radical (unpaired) electrons. The van der Waals surface area contributed by atoms with E-state index in [-0.39, 0.29) is 0 Å². The molecule has 10 heavy (non-hydrogen) atoms. The Balaban J connectivity index is 1.83. The Morgan fingerprint density at radius 2 is 2.10 bits per heavy atom. The molecule has 0 spiro atoms. The Kier molecular flexibility index (Phi) is 0.883. The highest BCUT2D eigenvalue weighted by Crippen LogP contribution is 2.47. The van der Waals surface area contributed by atoms with Crippen LogP contribution in [0.3, 0.4) is 0 Å². The molecule has 0 aromatic carbocycles. The molecule has 1 saturated heterocycles. The van der Waals surface area contributed by atoms with Crippen molar-refractivity contribution in [1.82, 2.24) is 0 Å². The Hall–Kier alpha value is -0.300. The first-order valence-electron chi connectivity index (χ1n) is 4.23. The lowest BCUT2D eigenvalue weighted by molar-refractivity contribution is 0.298. The second-order valence-electron chi connectivity index (χ2n) is 3.82. The molecule has 3 unspecified atom stereocenters. The first-order valence-corrected chi connectivity index (χ1v) is 4.23. The van der Waals surface area contributed by atoms with Crippen LogP contribution in [0.4, 0.5) is 0 Å². The molecule has 54 valence electrons. The number of fused-ring (bicyclic) bond motifs is 2. The number of ether oxygens (including phenoxy) is 1. The third kappa shape index (κ3) is 0.615. The first-order chi connectivity index (χ1) is 4.93. The predicted molar refractivity (Wildman–Crippen MR) is 38.6 cm³/mol. The Bertz CT molecular complexity index is 181. The second-order valence-corrected chi connectivity index (χ2v) is 3.82. The van der Waals surface area contributed by atoms with Gasteiger partial charge in [0.05, 0.1) is 12.7 Å². The van der Waals surface area contributed by atoms with Crippen molar-refractivity contribution in [2.45, 2.75) is 18.9 Å². The van der Waals surface area contributed by atoms with E-state index in [0.717, 1.165) is 24.4 Å². The molecule has 2 fully saturated rings. The number of epoxide rings is 1. The fourth-order valence-corrected chi connectivity index (χ4v) is 2.55. The minimum Gasteiger partial charge on any atom is -0.373 e. The van der Waals surface area contributed by atoms with Gasteiger partial charge in [0.25, 0.3) is 0 Å². The van der Waals surface area contributed by atoms with Crippen LogP contribution in [0.1, 0.15) is 12.8 Å². The van der Waals surface area contributed by atoms with Gasteiger partial charge >= 0.3 is 0 Å². The summed E-state index contributed by atoms with van der Waals surface area (Å²) in [6.07, 6.45) is 8.28. The molecule has 1 saturated carbocycles. The molecular formula is C9H12O. The molecule has 0 N–H and O–H groups in total. The van der Waals surface area contributed by atoms with E-state index >= 15 is 0 Å². The molecule has 3 aliphatic rings. The van der Waals surface area contributed by atoms with Gasteiger partial charge in [-0.05, 0) is 30.6 Å². The highest BCUT2D eigenvalue weighted by molar-refractivity contribution is 5.12. The van der Waals surface area contributed by atoms with Gasteiger partial charge in [-0.1, -0.05) is 12.2 Å². The molecule has 2 aliphatic carbocycles. The van der Waals surface area contributed by atoms with Gasteiger partial charge < -0.3 is 4.74 Å². The van der Waals surface area contributed by atoms with Crippen LogP contribution in [-0.4, -0.2) is 12.7 Å². The van der Waals surface area contributed by atoms with Gasteiger partial charge in [0, 0.05) is 0 Å². The molecule has 1 nitrogen and oxygen atoms in total. The third-order valence-electron chi connectivity index (χ3n) is 3.17. The summed E-state index contributed by atoms with van der Waals surface area (Å²) in [4.78, 5) is 0. The van der Waals surface area contributed by atoms with Crippen LogP contribution in [0.5, 0.6) is 0 Å². The average molecular weight is 136 g/mol. The highest BCUT2D eigenvalue weighted by Gasteiger charge is 2.44. The lowest BCUT2D eigenvalue weighted by atomic mass is 9.91. The van der Waals surface area contributed by atoms with E-state index < -0.39 is 0 Å². The molecular weight excluding hydrogens is 124 g/mol. The van der Waals surface area contributed by atoms with E-state index in [4.69, 9.17) is 4.74 Å². The summed E-state index contributed by atoms with van der Waals surface area (Å²) in [5.41, 5.74) is 0. The van der Waals surface area contributed by atoms with Crippen LogP contribution < -0.4 is 0 Å². The standard InChI is InChI=1S/C9H12O/c1-2-7-3-6(1)4-8(7)9-5-10-9/h1-2,6-9H,3-5H2/t6?,7-,8?,9?/m1/s1. The van der Waals surface area contributed by atoms with Crippen molar-refractivity contribution < 1.29 is 4.74 Å². The van der Waals surface area contributed by atoms with Gasteiger partial charge in [-0.3, -0.25) is 0 Å². The summed E-state index contributed by atoms with van der Waals surface area (Å²) in [6, 6.07) is 0. The highest BCUT2D eigenvalue weighted by atomic mass is 16.6. The number of rotatable bonds is 1. The van der Waals surface area contributed by atoms with E-state index in [2.05, 4.69) is 12.2 Å². The van der Waals surface area contributed by atoms with E-state index in [9.17, 15) is 0 Å². The summed E-state index contributed by atoms with van der Waals surface area (Å²) < 4.78 is 5.31. The van der Waals surface area contributed by atoms with E-state index in [1.165, 1.54) is 12.8 Å². The topological polar surface area (TPSA) is 12.5 Å². The Morgan fingerprint density at radius 3 is 2.60 bits per heavy atom. The molecule has 1 aliphatic heterocycles. The minimum atomic E-state index is 0.653. The summed E-state index contributed by atoms with van der Waals surface area (Å²) in [5, 5.41) is 0. The SMILES string of the molecule is C1=C[C@@H]2CC1CC2C1CO1. The van der Waals surface area contributed by atoms with Gasteiger partial charge in [0.2, 0.25) is 0 Å². The predicted octanol–water partition coefficient (Wildman–Crippen LogP) is 1.60. The molecule has 1 heterocycles. The van der Waals surface area contributed by atoms with Crippen molar-refractivity contribution in [3.63, 3.8) is 0 Å². The van der Waals surface area contributed by atoms with Crippen molar-refractivity contribution in [2.24, 2.45) is 17.8 Å². The van der Waals surface area contributed by atoms with E-state index in [1.807, 2.05) is 0 Å². The molecule has 0 aromatic heterocycles. The zero-order valence-corrected chi connectivity index (χ0v) is 5.99. The van der Waals surface area contributed by atoms with Crippen molar-refractivity contribution in [3.8, 4) is 0 Å². The fourth-order valence-electron chi connectivity index (χ4n) is 2.55. The first kappa shape index (κ1) is 5.36. The van der Waals surface area contributed by atoms with Crippen molar-refractivity contribution in [2.75, 3.05) is 6.61 Å². The lowest BCUT2D eigenvalue weighted by Gasteiger charge is -2.14. The molecule has 1 heteroatoms. The lowest BCUT2D eigenvalue weighted by Crippen LogP contribution is -2.13. The van der Waals surface area contributed by atoms with Crippen molar-refractivity contribution >= 4 is 0 Å². The summed E-state index contributed by atoms with van der Waals surface area (Å²) >= 11 is 0. The maximum absolute atomic E-state index is 5.31.